The molecule has 1 heterocycles. The van der Waals surface area contributed by atoms with Crippen LogP contribution in [0.5, 0.6) is 0 Å². The van der Waals surface area contributed by atoms with Crippen LogP contribution < -0.4 is 5.32 Å². The minimum absolute atomic E-state index is 0.549. The van der Waals surface area contributed by atoms with E-state index in [4.69, 9.17) is 5.41 Å². The minimum atomic E-state index is 0.549. The lowest BCUT2D eigenvalue weighted by Crippen LogP contribution is -2.03. The number of hydrogen-bond acceptors (Lipinski definition) is 3. The zero-order chi connectivity index (χ0) is 14.1. The first-order valence-corrected chi connectivity index (χ1v) is 7.86. The first-order chi connectivity index (χ1) is 9.72. The lowest BCUT2D eigenvalue weighted by Gasteiger charge is -2.07. The number of nitrogens with one attached hydrogen (secondary N) is 2. The SMILES string of the molecule is CNc1sc2cccc(Br)c2c1C(=N)c1ccccc1. The van der Waals surface area contributed by atoms with Crippen LogP contribution >= 0.6 is 27.3 Å². The van der Waals surface area contributed by atoms with Gasteiger partial charge >= 0.3 is 0 Å². The molecule has 100 valence electrons. The van der Waals surface area contributed by atoms with Crippen molar-refractivity contribution in [2.24, 2.45) is 0 Å². The number of anilines is 1. The van der Waals surface area contributed by atoms with Gasteiger partial charge in [0.15, 0.2) is 0 Å². The Morgan fingerprint density at radius 3 is 2.55 bits per heavy atom. The third-order valence-corrected chi connectivity index (χ3v) is 5.04. The predicted molar refractivity (Wildman–Crippen MR) is 91.4 cm³/mol. The molecular formula is C16H13BrN2S. The number of halogens is 1. The van der Waals surface area contributed by atoms with Gasteiger partial charge in [0.2, 0.25) is 0 Å². The Morgan fingerprint density at radius 1 is 1.10 bits per heavy atom. The summed E-state index contributed by atoms with van der Waals surface area (Å²) in [5.74, 6) is 0. The lowest BCUT2D eigenvalue weighted by atomic mass is 10.0. The maximum Gasteiger partial charge on any atom is 0.0988 e. The highest BCUT2D eigenvalue weighted by Crippen LogP contribution is 2.40. The van der Waals surface area contributed by atoms with Gasteiger partial charge in [-0.1, -0.05) is 52.3 Å². The van der Waals surface area contributed by atoms with E-state index in [0.29, 0.717) is 5.71 Å². The van der Waals surface area contributed by atoms with Crippen molar-refractivity contribution in [1.29, 1.82) is 5.41 Å². The molecule has 3 rings (SSSR count). The van der Waals surface area contributed by atoms with E-state index in [1.54, 1.807) is 11.3 Å². The van der Waals surface area contributed by atoms with Crippen LogP contribution in [0.25, 0.3) is 10.1 Å². The third-order valence-electron chi connectivity index (χ3n) is 3.20. The average molecular weight is 345 g/mol. The van der Waals surface area contributed by atoms with E-state index in [9.17, 15) is 0 Å². The maximum atomic E-state index is 8.56. The normalized spacial score (nSPS) is 10.7. The zero-order valence-corrected chi connectivity index (χ0v) is 13.3. The summed E-state index contributed by atoms with van der Waals surface area (Å²) < 4.78 is 2.21. The molecule has 1 aromatic heterocycles. The van der Waals surface area contributed by atoms with Gasteiger partial charge in [-0.2, -0.15) is 0 Å². The van der Waals surface area contributed by atoms with E-state index in [2.05, 4.69) is 27.3 Å². The second-order valence-electron chi connectivity index (χ2n) is 4.41. The Labute approximate surface area is 130 Å². The second-order valence-corrected chi connectivity index (χ2v) is 6.32. The Balaban J connectivity index is 2.27. The fourth-order valence-corrected chi connectivity index (χ4v) is 4.05. The van der Waals surface area contributed by atoms with Gasteiger partial charge < -0.3 is 5.32 Å². The summed E-state index contributed by atoms with van der Waals surface area (Å²) in [6.07, 6.45) is 0. The Kier molecular flexibility index (Phi) is 3.59. The van der Waals surface area contributed by atoms with Crippen LogP contribution in [-0.4, -0.2) is 12.8 Å². The van der Waals surface area contributed by atoms with Crippen molar-refractivity contribution in [2.45, 2.75) is 0 Å². The van der Waals surface area contributed by atoms with Crippen LogP contribution in [0.4, 0.5) is 5.00 Å². The first kappa shape index (κ1) is 13.3. The molecule has 0 aliphatic carbocycles. The number of benzene rings is 2. The Hall–Kier alpha value is -1.65. The first-order valence-electron chi connectivity index (χ1n) is 6.25. The molecule has 3 aromatic rings. The number of fused-ring (bicyclic) bond motifs is 1. The van der Waals surface area contributed by atoms with Crippen LogP contribution in [0.3, 0.4) is 0 Å². The van der Waals surface area contributed by atoms with Gasteiger partial charge in [0, 0.05) is 32.7 Å². The summed E-state index contributed by atoms with van der Waals surface area (Å²) in [6.45, 7) is 0. The van der Waals surface area contributed by atoms with Crippen LogP contribution in [0.2, 0.25) is 0 Å². The van der Waals surface area contributed by atoms with E-state index in [0.717, 1.165) is 26.0 Å². The summed E-state index contributed by atoms with van der Waals surface area (Å²) >= 11 is 5.29. The largest absolute Gasteiger partial charge is 0.379 e. The van der Waals surface area contributed by atoms with E-state index in [-0.39, 0.29) is 0 Å². The van der Waals surface area contributed by atoms with Crippen LogP contribution in [0.1, 0.15) is 11.1 Å². The zero-order valence-electron chi connectivity index (χ0n) is 10.9. The summed E-state index contributed by atoms with van der Waals surface area (Å²) in [5.41, 5.74) is 2.44. The standard InChI is InChI=1S/C16H13BrN2S/c1-19-16-14(15(18)10-6-3-2-4-7-10)13-11(17)8-5-9-12(13)20-16/h2-9,18-19H,1H3. The molecule has 2 aromatic carbocycles. The van der Waals surface area contributed by atoms with Crippen molar-refractivity contribution in [3.8, 4) is 0 Å². The molecule has 0 saturated heterocycles. The molecule has 0 bridgehead atoms. The smallest absolute Gasteiger partial charge is 0.0988 e. The van der Waals surface area contributed by atoms with Gasteiger partial charge in [0.25, 0.3) is 0 Å². The average Bonchev–Trinajstić information content (AvgIpc) is 2.87. The molecule has 0 atom stereocenters. The molecule has 4 heteroatoms. The molecule has 0 fully saturated rings. The Morgan fingerprint density at radius 2 is 1.85 bits per heavy atom. The molecule has 0 amide bonds. The van der Waals surface area contributed by atoms with Crippen LogP contribution in [-0.2, 0) is 0 Å². The summed E-state index contributed by atoms with van der Waals surface area (Å²) in [7, 11) is 1.90. The molecule has 2 nitrogen and oxygen atoms in total. The third kappa shape index (κ3) is 2.15. The quantitative estimate of drug-likeness (QED) is 0.635. The van der Waals surface area contributed by atoms with Crippen LogP contribution in [0.15, 0.2) is 53.0 Å². The van der Waals surface area contributed by atoms with Gasteiger partial charge in [-0.15, -0.1) is 11.3 Å². The maximum absolute atomic E-state index is 8.56. The fourth-order valence-electron chi connectivity index (χ4n) is 2.27. The molecule has 0 radical (unpaired) electrons. The molecule has 2 N–H and O–H groups in total. The van der Waals surface area contributed by atoms with Crippen molar-refractivity contribution in [3.05, 3.63) is 64.1 Å². The van der Waals surface area contributed by atoms with Crippen LogP contribution in [0, 0.1) is 5.41 Å². The molecule has 0 saturated carbocycles. The summed E-state index contributed by atoms with van der Waals surface area (Å²) in [4.78, 5) is 0. The molecule has 0 aliphatic heterocycles. The number of thiophene rings is 1. The molecule has 20 heavy (non-hydrogen) atoms. The molecule has 0 unspecified atom stereocenters. The summed E-state index contributed by atoms with van der Waals surface area (Å²) in [5, 5.41) is 13.9. The van der Waals surface area contributed by atoms with Gasteiger partial charge in [0.05, 0.1) is 10.7 Å². The van der Waals surface area contributed by atoms with Gasteiger partial charge in [0.1, 0.15) is 0 Å². The van der Waals surface area contributed by atoms with Crippen molar-refractivity contribution in [3.63, 3.8) is 0 Å². The van der Waals surface area contributed by atoms with Crippen molar-refractivity contribution < 1.29 is 0 Å². The molecule has 0 spiro atoms. The Bertz CT molecular complexity index is 778. The second kappa shape index (κ2) is 5.38. The number of rotatable bonds is 3. The highest BCUT2D eigenvalue weighted by molar-refractivity contribution is 9.10. The van der Waals surface area contributed by atoms with Crippen molar-refractivity contribution in [1.82, 2.24) is 0 Å². The lowest BCUT2D eigenvalue weighted by molar-refractivity contribution is 1.47. The predicted octanol–water partition coefficient (Wildman–Crippen LogP) is 5.12. The summed E-state index contributed by atoms with van der Waals surface area (Å²) in [6, 6.07) is 16.0. The highest BCUT2D eigenvalue weighted by Gasteiger charge is 2.18. The highest BCUT2D eigenvalue weighted by atomic mass is 79.9. The molecule has 0 aliphatic rings. The topological polar surface area (TPSA) is 35.9 Å². The number of hydrogen-bond donors (Lipinski definition) is 2. The van der Waals surface area contributed by atoms with E-state index < -0.39 is 0 Å². The van der Waals surface area contributed by atoms with E-state index >= 15 is 0 Å². The van der Waals surface area contributed by atoms with E-state index in [1.807, 2.05) is 49.5 Å². The van der Waals surface area contributed by atoms with Gasteiger partial charge in [-0.05, 0) is 12.1 Å². The van der Waals surface area contributed by atoms with Crippen molar-refractivity contribution >= 4 is 48.1 Å². The van der Waals surface area contributed by atoms with Gasteiger partial charge in [-0.3, -0.25) is 5.41 Å². The van der Waals surface area contributed by atoms with Crippen molar-refractivity contribution in [2.75, 3.05) is 12.4 Å². The molecular weight excluding hydrogens is 332 g/mol. The van der Waals surface area contributed by atoms with E-state index in [1.165, 1.54) is 4.70 Å². The fraction of sp³-hybridized carbons (Fsp3) is 0.0625. The monoisotopic (exact) mass is 344 g/mol. The minimum Gasteiger partial charge on any atom is -0.379 e. The van der Waals surface area contributed by atoms with Gasteiger partial charge in [-0.25, -0.2) is 0 Å².